The third kappa shape index (κ3) is 3.47. The summed E-state index contributed by atoms with van der Waals surface area (Å²) in [6.45, 7) is 3.61. The van der Waals surface area contributed by atoms with Crippen molar-refractivity contribution < 1.29 is 9.59 Å². The van der Waals surface area contributed by atoms with Crippen LogP contribution in [-0.4, -0.2) is 30.8 Å². The number of hydrogen-bond acceptors (Lipinski definition) is 2. The Hall–Kier alpha value is -1.55. The standard InChI is InChI=1S/C13H17ClN2O2/c1-8(2)12(17)15-9-5-6-10(11(14)7-9)13(18)16(3)4/h5-8H,1-4H3,(H,15,17). The number of carbonyl (C=O) groups is 2. The Bertz CT molecular complexity index is 470. The maximum absolute atomic E-state index is 11.8. The summed E-state index contributed by atoms with van der Waals surface area (Å²) in [6, 6.07) is 4.86. The van der Waals surface area contributed by atoms with E-state index in [0.29, 0.717) is 16.3 Å². The second-order valence-electron chi connectivity index (χ2n) is 4.54. The molecule has 0 heterocycles. The zero-order valence-electron chi connectivity index (χ0n) is 11.0. The van der Waals surface area contributed by atoms with Gasteiger partial charge in [0.2, 0.25) is 5.91 Å². The Morgan fingerprint density at radius 2 is 1.89 bits per heavy atom. The molecule has 0 bridgehead atoms. The van der Waals surface area contributed by atoms with Crippen molar-refractivity contribution in [2.45, 2.75) is 13.8 Å². The van der Waals surface area contributed by atoms with Gasteiger partial charge < -0.3 is 10.2 Å². The molecular formula is C13H17ClN2O2. The van der Waals surface area contributed by atoms with Crippen LogP contribution in [0.2, 0.25) is 5.02 Å². The molecule has 1 rings (SSSR count). The highest BCUT2D eigenvalue weighted by molar-refractivity contribution is 6.34. The van der Waals surface area contributed by atoms with E-state index in [1.807, 2.05) is 0 Å². The maximum Gasteiger partial charge on any atom is 0.254 e. The van der Waals surface area contributed by atoms with E-state index in [9.17, 15) is 9.59 Å². The Morgan fingerprint density at radius 3 is 2.33 bits per heavy atom. The van der Waals surface area contributed by atoms with Gasteiger partial charge in [-0.15, -0.1) is 0 Å². The molecule has 1 N–H and O–H groups in total. The number of benzene rings is 1. The van der Waals surface area contributed by atoms with Crippen LogP contribution in [0.3, 0.4) is 0 Å². The smallest absolute Gasteiger partial charge is 0.254 e. The number of anilines is 1. The summed E-state index contributed by atoms with van der Waals surface area (Å²) in [5.74, 6) is -0.355. The molecule has 0 spiro atoms. The third-order valence-electron chi connectivity index (χ3n) is 2.40. The Morgan fingerprint density at radius 1 is 1.28 bits per heavy atom. The first-order valence-corrected chi connectivity index (χ1v) is 6.02. The highest BCUT2D eigenvalue weighted by atomic mass is 35.5. The van der Waals surface area contributed by atoms with Gasteiger partial charge in [-0.2, -0.15) is 0 Å². The van der Waals surface area contributed by atoms with E-state index < -0.39 is 0 Å². The molecule has 0 aromatic heterocycles. The Balaban J connectivity index is 2.93. The maximum atomic E-state index is 11.8. The van der Waals surface area contributed by atoms with Crippen LogP contribution in [0.5, 0.6) is 0 Å². The molecule has 0 saturated heterocycles. The van der Waals surface area contributed by atoms with Gasteiger partial charge in [-0.25, -0.2) is 0 Å². The lowest BCUT2D eigenvalue weighted by atomic mass is 10.1. The van der Waals surface area contributed by atoms with Crippen molar-refractivity contribution in [3.63, 3.8) is 0 Å². The van der Waals surface area contributed by atoms with Crippen LogP contribution in [0.4, 0.5) is 5.69 Å². The molecule has 0 saturated carbocycles. The summed E-state index contributed by atoms with van der Waals surface area (Å²) in [4.78, 5) is 24.7. The molecular weight excluding hydrogens is 252 g/mol. The van der Waals surface area contributed by atoms with Crippen LogP contribution in [0.15, 0.2) is 18.2 Å². The number of nitrogens with zero attached hydrogens (tertiary/aromatic N) is 1. The van der Waals surface area contributed by atoms with Crippen molar-refractivity contribution in [1.82, 2.24) is 4.90 Å². The van der Waals surface area contributed by atoms with E-state index in [4.69, 9.17) is 11.6 Å². The zero-order valence-corrected chi connectivity index (χ0v) is 11.7. The van der Waals surface area contributed by atoms with Crippen molar-refractivity contribution in [1.29, 1.82) is 0 Å². The van der Waals surface area contributed by atoms with Gasteiger partial charge in [0.15, 0.2) is 0 Å². The fourth-order valence-electron chi connectivity index (χ4n) is 1.29. The van der Waals surface area contributed by atoms with Crippen molar-refractivity contribution in [3.05, 3.63) is 28.8 Å². The second kappa shape index (κ2) is 5.87. The summed E-state index contributed by atoms with van der Waals surface area (Å²) in [5, 5.41) is 3.06. The van der Waals surface area contributed by atoms with Gasteiger partial charge in [0.1, 0.15) is 0 Å². The van der Waals surface area contributed by atoms with Crippen LogP contribution in [0, 0.1) is 5.92 Å². The van der Waals surface area contributed by atoms with Gasteiger partial charge in [-0.1, -0.05) is 25.4 Å². The quantitative estimate of drug-likeness (QED) is 0.916. The van der Waals surface area contributed by atoms with Crippen molar-refractivity contribution in [2.24, 2.45) is 5.92 Å². The van der Waals surface area contributed by atoms with E-state index >= 15 is 0 Å². The molecule has 0 aliphatic carbocycles. The van der Waals surface area contributed by atoms with Gasteiger partial charge in [0, 0.05) is 25.7 Å². The molecule has 98 valence electrons. The monoisotopic (exact) mass is 268 g/mol. The number of amides is 2. The van der Waals surface area contributed by atoms with Crippen molar-refractivity contribution in [2.75, 3.05) is 19.4 Å². The SMILES string of the molecule is CC(C)C(=O)Nc1ccc(C(=O)N(C)C)c(Cl)c1. The molecule has 0 unspecified atom stereocenters. The number of carbonyl (C=O) groups excluding carboxylic acids is 2. The highest BCUT2D eigenvalue weighted by Gasteiger charge is 2.14. The average Bonchev–Trinajstić information content (AvgIpc) is 2.28. The lowest BCUT2D eigenvalue weighted by Gasteiger charge is -2.13. The highest BCUT2D eigenvalue weighted by Crippen LogP contribution is 2.22. The minimum atomic E-state index is -0.165. The van der Waals surface area contributed by atoms with Gasteiger partial charge in [-0.05, 0) is 18.2 Å². The predicted octanol–water partition coefficient (Wildman–Crippen LogP) is 2.64. The van der Waals surface area contributed by atoms with Gasteiger partial charge in [-0.3, -0.25) is 9.59 Å². The van der Waals surface area contributed by atoms with Gasteiger partial charge in [0.05, 0.1) is 10.6 Å². The van der Waals surface area contributed by atoms with E-state index in [2.05, 4.69) is 5.32 Å². The number of rotatable bonds is 3. The molecule has 1 aromatic carbocycles. The van der Waals surface area contributed by atoms with Gasteiger partial charge >= 0.3 is 0 Å². The third-order valence-corrected chi connectivity index (χ3v) is 2.71. The lowest BCUT2D eigenvalue weighted by molar-refractivity contribution is -0.118. The first-order chi connectivity index (χ1) is 8.32. The number of halogens is 1. The minimum Gasteiger partial charge on any atom is -0.345 e. The summed E-state index contributed by atoms with van der Waals surface area (Å²) in [5.41, 5.74) is 1.01. The summed E-state index contributed by atoms with van der Waals surface area (Å²) < 4.78 is 0. The summed E-state index contributed by atoms with van der Waals surface area (Å²) in [6.07, 6.45) is 0. The predicted molar refractivity (Wildman–Crippen MR) is 72.9 cm³/mol. The topological polar surface area (TPSA) is 49.4 Å². The van der Waals surface area contributed by atoms with Crippen molar-refractivity contribution >= 4 is 29.1 Å². The molecule has 18 heavy (non-hydrogen) atoms. The van der Waals surface area contributed by atoms with Crippen LogP contribution in [0.25, 0.3) is 0 Å². The van der Waals surface area contributed by atoms with Gasteiger partial charge in [0.25, 0.3) is 5.91 Å². The van der Waals surface area contributed by atoms with E-state index in [1.165, 1.54) is 4.90 Å². The fourth-order valence-corrected chi connectivity index (χ4v) is 1.56. The fraction of sp³-hybridized carbons (Fsp3) is 0.385. The average molecular weight is 269 g/mol. The molecule has 0 fully saturated rings. The second-order valence-corrected chi connectivity index (χ2v) is 4.95. The van der Waals surface area contributed by atoms with E-state index in [0.717, 1.165) is 0 Å². The first-order valence-electron chi connectivity index (χ1n) is 5.65. The van der Waals surface area contributed by atoms with Crippen LogP contribution < -0.4 is 5.32 Å². The lowest BCUT2D eigenvalue weighted by Crippen LogP contribution is -2.22. The Labute approximate surface area is 112 Å². The van der Waals surface area contributed by atoms with E-state index in [1.54, 1.807) is 46.1 Å². The molecule has 2 amide bonds. The summed E-state index contributed by atoms with van der Waals surface area (Å²) in [7, 11) is 3.32. The molecule has 0 aliphatic rings. The molecule has 0 aliphatic heterocycles. The zero-order chi connectivity index (χ0) is 13.9. The van der Waals surface area contributed by atoms with Crippen LogP contribution in [0.1, 0.15) is 24.2 Å². The Kier molecular flexibility index (Phi) is 4.73. The largest absolute Gasteiger partial charge is 0.345 e. The molecule has 4 nitrogen and oxygen atoms in total. The normalized spacial score (nSPS) is 10.3. The van der Waals surface area contributed by atoms with Crippen molar-refractivity contribution in [3.8, 4) is 0 Å². The molecule has 0 atom stereocenters. The summed E-state index contributed by atoms with van der Waals surface area (Å²) >= 11 is 6.03. The number of nitrogens with one attached hydrogen (secondary N) is 1. The van der Waals surface area contributed by atoms with Crippen LogP contribution >= 0.6 is 11.6 Å². The van der Waals surface area contributed by atoms with Crippen LogP contribution in [-0.2, 0) is 4.79 Å². The number of hydrogen-bond donors (Lipinski definition) is 1. The van der Waals surface area contributed by atoms with E-state index in [-0.39, 0.29) is 17.7 Å². The molecule has 1 aromatic rings. The molecule has 5 heteroatoms. The first kappa shape index (κ1) is 14.5. The minimum absolute atomic E-state index is 0.0854. The molecule has 0 radical (unpaired) electrons.